The molecule has 0 radical (unpaired) electrons. The van der Waals surface area contributed by atoms with Crippen LogP contribution in [0.4, 0.5) is 15.8 Å². The number of ether oxygens (including phenoxy) is 1. The minimum atomic E-state index is -0.454. The molecule has 0 atom stereocenters. The van der Waals surface area contributed by atoms with E-state index >= 15 is 0 Å². The molecule has 1 heterocycles. The van der Waals surface area contributed by atoms with Crippen LogP contribution in [0.1, 0.15) is 5.76 Å². The maximum Gasteiger partial charge on any atom is 0.250 e. The van der Waals surface area contributed by atoms with E-state index in [0.29, 0.717) is 11.4 Å². The van der Waals surface area contributed by atoms with Crippen LogP contribution in [0.3, 0.4) is 0 Å². The number of anilines is 2. The van der Waals surface area contributed by atoms with Crippen LogP contribution in [-0.2, 0) is 16.1 Å². The van der Waals surface area contributed by atoms with Gasteiger partial charge in [0, 0.05) is 0 Å². The Kier molecular flexibility index (Phi) is 4.15. The number of nitrogens with one attached hydrogen (secondary N) is 1. The third-order valence-corrected chi connectivity index (χ3v) is 2.35. The van der Waals surface area contributed by atoms with Crippen LogP contribution in [-0.4, -0.2) is 12.5 Å². The van der Waals surface area contributed by atoms with Gasteiger partial charge in [-0.3, -0.25) is 4.79 Å². The number of carbonyl (C=O) groups excluding carboxylic acids is 1. The van der Waals surface area contributed by atoms with Gasteiger partial charge in [-0.05, 0) is 30.3 Å². The van der Waals surface area contributed by atoms with Gasteiger partial charge in [0.15, 0.2) is 0 Å². The summed E-state index contributed by atoms with van der Waals surface area (Å²) in [5.41, 5.74) is 6.09. The summed E-state index contributed by atoms with van der Waals surface area (Å²) < 4.78 is 23.0. The first-order chi connectivity index (χ1) is 9.15. The molecule has 3 N–H and O–H groups in total. The molecule has 6 heteroatoms. The lowest BCUT2D eigenvalue weighted by Gasteiger charge is -2.08. The molecular weight excluding hydrogens is 251 g/mol. The fraction of sp³-hybridized carbons (Fsp3) is 0.154. The van der Waals surface area contributed by atoms with E-state index in [9.17, 15) is 9.18 Å². The first-order valence-corrected chi connectivity index (χ1v) is 5.60. The molecule has 0 saturated heterocycles. The summed E-state index contributed by atoms with van der Waals surface area (Å²) in [5.74, 6) is -0.191. The number of nitrogens with two attached hydrogens (primary N) is 1. The molecule has 0 fully saturated rings. The van der Waals surface area contributed by atoms with E-state index in [1.165, 1.54) is 18.4 Å². The SMILES string of the molecule is Nc1cc(F)ccc1NC(=O)COCc1ccco1. The normalized spacial score (nSPS) is 10.4. The third kappa shape index (κ3) is 3.82. The highest BCUT2D eigenvalue weighted by molar-refractivity contribution is 5.94. The molecule has 2 aromatic rings. The van der Waals surface area contributed by atoms with Gasteiger partial charge in [0.25, 0.3) is 0 Å². The van der Waals surface area contributed by atoms with Crippen molar-refractivity contribution in [3.05, 3.63) is 48.2 Å². The lowest BCUT2D eigenvalue weighted by molar-refractivity contribution is -0.121. The molecule has 1 amide bonds. The highest BCUT2D eigenvalue weighted by Gasteiger charge is 2.06. The van der Waals surface area contributed by atoms with Crippen molar-refractivity contribution in [1.82, 2.24) is 0 Å². The molecule has 1 aromatic heterocycles. The maximum absolute atomic E-state index is 12.8. The lowest BCUT2D eigenvalue weighted by atomic mass is 10.2. The number of hydrogen-bond donors (Lipinski definition) is 2. The summed E-state index contributed by atoms with van der Waals surface area (Å²) in [7, 11) is 0. The van der Waals surface area contributed by atoms with Crippen LogP contribution in [0.2, 0.25) is 0 Å². The fourth-order valence-electron chi connectivity index (χ4n) is 1.47. The van der Waals surface area contributed by atoms with Crippen molar-refractivity contribution in [1.29, 1.82) is 0 Å². The monoisotopic (exact) mass is 264 g/mol. The third-order valence-electron chi connectivity index (χ3n) is 2.35. The van der Waals surface area contributed by atoms with Crippen molar-refractivity contribution in [2.24, 2.45) is 0 Å². The zero-order valence-corrected chi connectivity index (χ0v) is 10.1. The molecule has 2 rings (SSSR count). The molecule has 0 bridgehead atoms. The topological polar surface area (TPSA) is 77.5 Å². The summed E-state index contributed by atoms with van der Waals surface area (Å²) in [6, 6.07) is 7.23. The zero-order valence-electron chi connectivity index (χ0n) is 10.1. The number of amides is 1. The summed E-state index contributed by atoms with van der Waals surface area (Å²) in [6.07, 6.45) is 1.53. The molecule has 0 aliphatic carbocycles. The molecule has 0 aliphatic heterocycles. The number of rotatable bonds is 5. The van der Waals surface area contributed by atoms with Gasteiger partial charge in [-0.25, -0.2) is 4.39 Å². The fourth-order valence-corrected chi connectivity index (χ4v) is 1.47. The minimum Gasteiger partial charge on any atom is -0.467 e. The Balaban J connectivity index is 1.80. The molecule has 0 saturated carbocycles. The molecule has 100 valence electrons. The number of carbonyl (C=O) groups is 1. The molecule has 0 spiro atoms. The second-order valence-corrected chi connectivity index (χ2v) is 3.85. The molecule has 1 aromatic carbocycles. The summed E-state index contributed by atoms with van der Waals surface area (Å²) in [6.45, 7) is 0.0663. The van der Waals surface area contributed by atoms with Crippen molar-refractivity contribution in [3.63, 3.8) is 0 Å². The Morgan fingerprint density at radius 3 is 2.95 bits per heavy atom. The lowest BCUT2D eigenvalue weighted by Crippen LogP contribution is -2.19. The Bertz CT molecular complexity index is 555. The molecule has 0 unspecified atom stereocenters. The van der Waals surface area contributed by atoms with E-state index in [1.54, 1.807) is 12.1 Å². The smallest absolute Gasteiger partial charge is 0.250 e. The molecule has 19 heavy (non-hydrogen) atoms. The van der Waals surface area contributed by atoms with E-state index in [2.05, 4.69) is 5.32 Å². The van der Waals surface area contributed by atoms with Crippen molar-refractivity contribution in [3.8, 4) is 0 Å². The number of furan rings is 1. The first kappa shape index (κ1) is 13.1. The van der Waals surface area contributed by atoms with E-state index < -0.39 is 5.82 Å². The maximum atomic E-state index is 12.8. The van der Waals surface area contributed by atoms with Crippen LogP contribution < -0.4 is 11.1 Å². The number of benzene rings is 1. The first-order valence-electron chi connectivity index (χ1n) is 5.60. The summed E-state index contributed by atoms with van der Waals surface area (Å²) >= 11 is 0. The van der Waals surface area contributed by atoms with Crippen LogP contribution in [0.15, 0.2) is 41.0 Å². The van der Waals surface area contributed by atoms with Gasteiger partial charge in [0.2, 0.25) is 5.91 Å². The van der Waals surface area contributed by atoms with Gasteiger partial charge in [0.1, 0.15) is 24.8 Å². The molecular formula is C13H13FN2O3. The Morgan fingerprint density at radius 1 is 1.42 bits per heavy atom. The quantitative estimate of drug-likeness (QED) is 0.811. The van der Waals surface area contributed by atoms with Crippen LogP contribution in [0.25, 0.3) is 0 Å². The van der Waals surface area contributed by atoms with Gasteiger partial charge >= 0.3 is 0 Å². The zero-order chi connectivity index (χ0) is 13.7. The Labute approximate surface area is 109 Å². The molecule has 5 nitrogen and oxygen atoms in total. The predicted octanol–water partition coefficient (Wildman–Crippen LogP) is 2.16. The van der Waals surface area contributed by atoms with Gasteiger partial charge in [-0.2, -0.15) is 0 Å². The second kappa shape index (κ2) is 6.01. The summed E-state index contributed by atoms with van der Waals surface area (Å²) in [4.78, 5) is 11.6. The van der Waals surface area contributed by atoms with E-state index in [1.807, 2.05) is 0 Å². The van der Waals surface area contributed by atoms with Gasteiger partial charge < -0.3 is 20.2 Å². The van der Waals surface area contributed by atoms with Crippen molar-refractivity contribution in [2.45, 2.75) is 6.61 Å². The predicted molar refractivity (Wildman–Crippen MR) is 67.8 cm³/mol. The van der Waals surface area contributed by atoms with Crippen molar-refractivity contribution < 1.29 is 18.3 Å². The van der Waals surface area contributed by atoms with Gasteiger partial charge in [0.05, 0.1) is 17.6 Å². The van der Waals surface area contributed by atoms with Crippen LogP contribution in [0.5, 0.6) is 0 Å². The highest BCUT2D eigenvalue weighted by Crippen LogP contribution is 2.18. The Hall–Kier alpha value is -2.34. The van der Waals surface area contributed by atoms with E-state index in [0.717, 1.165) is 6.07 Å². The van der Waals surface area contributed by atoms with Crippen molar-refractivity contribution in [2.75, 3.05) is 17.7 Å². The second-order valence-electron chi connectivity index (χ2n) is 3.85. The number of hydrogen-bond acceptors (Lipinski definition) is 4. The standard InChI is InChI=1S/C13H13FN2O3/c14-9-3-4-12(11(15)6-9)16-13(17)8-18-7-10-2-1-5-19-10/h1-6H,7-8,15H2,(H,16,17). The van der Waals surface area contributed by atoms with E-state index in [-0.39, 0.29) is 24.8 Å². The van der Waals surface area contributed by atoms with Gasteiger partial charge in [-0.15, -0.1) is 0 Å². The van der Waals surface area contributed by atoms with Crippen LogP contribution >= 0.6 is 0 Å². The summed E-state index contributed by atoms with van der Waals surface area (Å²) in [5, 5.41) is 2.53. The van der Waals surface area contributed by atoms with Gasteiger partial charge in [-0.1, -0.05) is 0 Å². The van der Waals surface area contributed by atoms with E-state index in [4.69, 9.17) is 14.9 Å². The average molecular weight is 264 g/mol. The molecule has 0 aliphatic rings. The number of nitrogen functional groups attached to an aromatic ring is 1. The van der Waals surface area contributed by atoms with Crippen LogP contribution in [0, 0.1) is 5.82 Å². The highest BCUT2D eigenvalue weighted by atomic mass is 19.1. The van der Waals surface area contributed by atoms with Crippen molar-refractivity contribution >= 4 is 17.3 Å². The number of halogens is 1. The largest absolute Gasteiger partial charge is 0.467 e. The Morgan fingerprint density at radius 2 is 2.26 bits per heavy atom. The minimum absolute atomic E-state index is 0.141. The average Bonchev–Trinajstić information content (AvgIpc) is 2.86.